The van der Waals surface area contributed by atoms with Gasteiger partial charge in [-0.1, -0.05) is 34.3 Å². The van der Waals surface area contributed by atoms with Crippen LogP contribution in [0.5, 0.6) is 0 Å². The molecule has 1 N–H and O–H groups in total. The predicted molar refractivity (Wildman–Crippen MR) is 44.0 cm³/mol. The fourth-order valence-electron chi connectivity index (χ4n) is 0.754. The molecule has 0 fully saturated rings. The Morgan fingerprint density at radius 3 is 2.54 bits per heavy atom. The molecule has 0 spiro atoms. The molecular formula is C7H5Cl2O4-. The topological polar surface area (TPSA) is 61.8 Å². The van der Waals surface area contributed by atoms with E-state index in [9.17, 15) is 5.11 Å². The molecule has 0 radical (unpaired) electrons. The zero-order chi connectivity index (χ0) is 9.84. The Morgan fingerprint density at radius 2 is 2.00 bits per heavy atom. The van der Waals surface area contributed by atoms with E-state index in [1.54, 1.807) is 0 Å². The number of benzene rings is 1. The largest absolute Gasteiger partial charge is 0.825 e. The van der Waals surface area contributed by atoms with Gasteiger partial charge in [0.2, 0.25) is 0 Å². The molecule has 1 rings (SSSR count). The van der Waals surface area contributed by atoms with Crippen molar-refractivity contribution in [3.05, 3.63) is 33.8 Å². The molecule has 13 heavy (non-hydrogen) atoms. The molecule has 0 heterocycles. The molecule has 6 heteroatoms. The number of halogens is 2. The van der Waals surface area contributed by atoms with E-state index in [1.807, 2.05) is 0 Å². The Balaban J connectivity index is 2.84. The number of hydrogen-bond donors (Lipinski definition) is 1. The molecule has 1 aromatic rings. The van der Waals surface area contributed by atoms with Gasteiger partial charge in [0.05, 0.1) is 10.0 Å². The zero-order valence-corrected chi connectivity index (χ0v) is 7.75. The van der Waals surface area contributed by atoms with E-state index in [2.05, 4.69) is 9.93 Å². The summed E-state index contributed by atoms with van der Waals surface area (Å²) < 4.78 is 0. The molecule has 1 aromatic carbocycles. The quantitative estimate of drug-likeness (QED) is 0.482. The van der Waals surface area contributed by atoms with Crippen LogP contribution in [0.25, 0.3) is 0 Å². The molecule has 0 aromatic heterocycles. The lowest BCUT2D eigenvalue weighted by atomic mass is 10.2. The third-order valence-electron chi connectivity index (χ3n) is 1.35. The van der Waals surface area contributed by atoms with Gasteiger partial charge in [-0.05, 0) is 17.7 Å². The van der Waals surface area contributed by atoms with Crippen LogP contribution in [0.15, 0.2) is 18.2 Å². The van der Waals surface area contributed by atoms with E-state index in [-0.39, 0.29) is 10.6 Å². The van der Waals surface area contributed by atoms with E-state index < -0.39 is 6.29 Å². The van der Waals surface area contributed by atoms with E-state index in [0.717, 1.165) is 0 Å². The van der Waals surface area contributed by atoms with Crippen molar-refractivity contribution < 1.29 is 20.3 Å². The predicted octanol–water partition coefficient (Wildman–Crippen LogP) is 1.77. The Hall–Kier alpha value is -0.360. The molecule has 0 bridgehead atoms. The first-order valence-corrected chi connectivity index (χ1v) is 3.98. The van der Waals surface area contributed by atoms with Gasteiger partial charge in [-0.25, -0.2) is 10.1 Å². The van der Waals surface area contributed by atoms with E-state index in [4.69, 9.17) is 28.5 Å². The molecule has 0 aliphatic carbocycles. The van der Waals surface area contributed by atoms with Crippen LogP contribution in [0.3, 0.4) is 0 Å². The molecule has 1 unspecified atom stereocenters. The second-order valence-electron chi connectivity index (χ2n) is 2.18. The third kappa shape index (κ3) is 2.80. The molecule has 0 aliphatic heterocycles. The summed E-state index contributed by atoms with van der Waals surface area (Å²) in [6.45, 7) is 0. The van der Waals surface area contributed by atoms with Crippen molar-refractivity contribution in [3.63, 3.8) is 0 Å². The van der Waals surface area contributed by atoms with Crippen molar-refractivity contribution in [2.75, 3.05) is 0 Å². The molecule has 0 aliphatic rings. The van der Waals surface area contributed by atoms with Crippen molar-refractivity contribution in [1.82, 2.24) is 0 Å². The van der Waals surface area contributed by atoms with Crippen LogP contribution >= 0.6 is 23.2 Å². The monoisotopic (exact) mass is 223 g/mol. The van der Waals surface area contributed by atoms with Gasteiger partial charge in [0.25, 0.3) is 0 Å². The van der Waals surface area contributed by atoms with Crippen LogP contribution in [0.4, 0.5) is 0 Å². The molecule has 1 atom stereocenters. The maximum Gasteiger partial charge on any atom is 0.0595 e. The van der Waals surface area contributed by atoms with Crippen LogP contribution in [0.1, 0.15) is 11.9 Å². The summed E-state index contributed by atoms with van der Waals surface area (Å²) in [7, 11) is 0. The molecular weight excluding hydrogens is 219 g/mol. The highest BCUT2D eigenvalue weighted by molar-refractivity contribution is 6.42. The SMILES string of the molecule is [O-]C(OOO)c1ccc(Cl)c(Cl)c1. The normalized spacial score (nSPS) is 12.9. The van der Waals surface area contributed by atoms with Crippen molar-refractivity contribution in [1.29, 1.82) is 0 Å². The summed E-state index contributed by atoms with van der Waals surface area (Å²) in [5, 5.41) is 22.6. The summed E-state index contributed by atoms with van der Waals surface area (Å²) in [5.41, 5.74) is 0.212. The van der Waals surface area contributed by atoms with Crippen LogP contribution in [0, 0.1) is 0 Å². The third-order valence-corrected chi connectivity index (χ3v) is 2.09. The Kier molecular flexibility index (Phi) is 3.92. The van der Waals surface area contributed by atoms with Gasteiger partial charge in [-0.15, -0.1) is 0 Å². The van der Waals surface area contributed by atoms with Gasteiger partial charge in [0.1, 0.15) is 0 Å². The van der Waals surface area contributed by atoms with Crippen molar-refractivity contribution in [2.24, 2.45) is 0 Å². The molecule has 0 amide bonds. The van der Waals surface area contributed by atoms with Gasteiger partial charge in [0, 0.05) is 6.29 Å². The van der Waals surface area contributed by atoms with E-state index in [1.165, 1.54) is 18.2 Å². The minimum Gasteiger partial charge on any atom is -0.825 e. The second kappa shape index (κ2) is 4.76. The standard InChI is InChI=1S/C7H5Cl2O4/c8-5-2-1-4(3-6(5)9)7(10)12-13-11/h1-3,7,11H/q-1. The Labute approximate surface area is 84.1 Å². The maximum atomic E-state index is 11.0. The minimum atomic E-state index is -1.65. The summed E-state index contributed by atoms with van der Waals surface area (Å²) in [5.74, 6) is 0. The van der Waals surface area contributed by atoms with Crippen LogP contribution in [0.2, 0.25) is 10.0 Å². The van der Waals surface area contributed by atoms with Crippen molar-refractivity contribution in [3.8, 4) is 0 Å². The number of rotatable bonds is 3. The Bertz CT molecular complexity index is 292. The zero-order valence-electron chi connectivity index (χ0n) is 6.24. The van der Waals surface area contributed by atoms with Crippen LogP contribution < -0.4 is 5.11 Å². The fourth-order valence-corrected chi connectivity index (χ4v) is 1.06. The van der Waals surface area contributed by atoms with E-state index in [0.29, 0.717) is 5.02 Å². The molecule has 4 nitrogen and oxygen atoms in total. The van der Waals surface area contributed by atoms with Gasteiger partial charge in [-0.3, -0.25) is 0 Å². The average Bonchev–Trinajstić information content (AvgIpc) is 2.10. The average molecular weight is 224 g/mol. The van der Waals surface area contributed by atoms with Gasteiger partial charge < -0.3 is 5.11 Å². The smallest absolute Gasteiger partial charge is 0.0595 e. The molecule has 0 saturated heterocycles. The van der Waals surface area contributed by atoms with Crippen molar-refractivity contribution >= 4 is 23.2 Å². The first-order chi connectivity index (χ1) is 6.15. The summed E-state index contributed by atoms with van der Waals surface area (Å²) in [6, 6.07) is 4.20. The van der Waals surface area contributed by atoms with Gasteiger partial charge in [0.15, 0.2) is 0 Å². The van der Waals surface area contributed by atoms with Crippen LogP contribution in [-0.2, 0) is 9.93 Å². The maximum absolute atomic E-state index is 11.0. The van der Waals surface area contributed by atoms with Crippen LogP contribution in [-0.4, -0.2) is 5.26 Å². The highest BCUT2D eigenvalue weighted by atomic mass is 35.5. The molecule has 72 valence electrons. The van der Waals surface area contributed by atoms with Gasteiger partial charge in [-0.2, -0.15) is 0 Å². The lowest BCUT2D eigenvalue weighted by molar-refractivity contribution is -0.628. The van der Waals surface area contributed by atoms with Gasteiger partial charge >= 0.3 is 0 Å². The van der Waals surface area contributed by atoms with Crippen molar-refractivity contribution in [2.45, 2.75) is 6.29 Å². The lowest BCUT2D eigenvalue weighted by Crippen LogP contribution is -2.18. The molecule has 0 saturated carbocycles. The fraction of sp³-hybridized carbons (Fsp3) is 0.143. The first-order valence-electron chi connectivity index (χ1n) is 3.23. The lowest BCUT2D eigenvalue weighted by Gasteiger charge is -2.19. The Morgan fingerprint density at radius 1 is 1.31 bits per heavy atom. The first kappa shape index (κ1) is 10.7. The highest BCUT2D eigenvalue weighted by Gasteiger charge is 2.03. The minimum absolute atomic E-state index is 0.212. The van der Waals surface area contributed by atoms with E-state index >= 15 is 0 Å². The highest BCUT2D eigenvalue weighted by Crippen LogP contribution is 2.24. The summed E-state index contributed by atoms with van der Waals surface area (Å²) in [6.07, 6.45) is -1.65. The number of hydrogen-bond acceptors (Lipinski definition) is 4. The summed E-state index contributed by atoms with van der Waals surface area (Å²) in [4.78, 5) is 3.92. The summed E-state index contributed by atoms with van der Waals surface area (Å²) >= 11 is 11.2. The second-order valence-corrected chi connectivity index (χ2v) is 2.99.